The van der Waals surface area contributed by atoms with Crippen molar-refractivity contribution in [2.75, 3.05) is 72.1 Å². The fourth-order valence-electron chi connectivity index (χ4n) is 5.12. The number of amides is 1. The number of ether oxygens (including phenoxy) is 4. The highest BCUT2D eigenvalue weighted by Crippen LogP contribution is 2.38. The third-order valence-electron chi connectivity index (χ3n) is 6.99. The molecule has 2 aromatic rings. The number of halogens is 1. The zero-order valence-electron chi connectivity index (χ0n) is 23.8. The first-order chi connectivity index (χ1) is 19.4. The largest absolute Gasteiger partial charge is 0.497 e. The van der Waals surface area contributed by atoms with Crippen LogP contribution in [0.2, 0.25) is 0 Å². The molecule has 0 saturated carbocycles. The molecule has 1 aromatic heterocycles. The van der Waals surface area contributed by atoms with Gasteiger partial charge in [0.25, 0.3) is 0 Å². The first kappa shape index (κ1) is 31.5. The van der Waals surface area contributed by atoms with E-state index in [1.807, 2.05) is 6.92 Å². The minimum Gasteiger partial charge on any atom is -0.497 e. The molecule has 0 radical (unpaired) electrons. The van der Waals surface area contributed by atoms with Crippen LogP contribution in [0.5, 0.6) is 5.75 Å². The van der Waals surface area contributed by atoms with Gasteiger partial charge in [-0.25, -0.2) is 9.37 Å². The molecular weight excluding hydrogens is 517 g/mol. The highest BCUT2D eigenvalue weighted by atomic mass is 19.1. The molecule has 1 aliphatic heterocycles. The van der Waals surface area contributed by atoms with Gasteiger partial charge in [-0.15, -0.1) is 0 Å². The summed E-state index contributed by atoms with van der Waals surface area (Å²) in [7, 11) is 1.59. The summed E-state index contributed by atoms with van der Waals surface area (Å²) in [6.07, 6.45) is 3.74. The molecule has 2 atom stereocenters. The molecule has 4 N–H and O–H groups in total. The number of aryl methyl sites for hydroxylation is 1. The minimum absolute atomic E-state index is 0.204. The van der Waals surface area contributed by atoms with Crippen LogP contribution in [-0.4, -0.2) is 81.8 Å². The van der Waals surface area contributed by atoms with E-state index in [4.69, 9.17) is 24.7 Å². The Morgan fingerprint density at radius 2 is 1.85 bits per heavy atom. The molecule has 3 rings (SSSR count). The number of fused-ring (bicyclic) bond motifs is 1. The van der Waals surface area contributed by atoms with Gasteiger partial charge in [0.1, 0.15) is 11.6 Å². The summed E-state index contributed by atoms with van der Waals surface area (Å²) in [5.41, 5.74) is 9.08. The molecule has 0 fully saturated rings. The highest BCUT2D eigenvalue weighted by Gasteiger charge is 2.31. The van der Waals surface area contributed by atoms with Crippen molar-refractivity contribution in [1.29, 1.82) is 0 Å². The Labute approximate surface area is 236 Å². The SMILES string of the molecule is C=CC(=O)NCCOCCOCCOCCNCC[C@H]1C[C@H](Cc2cc(OC)ccc2F)Cn2c(N)nc(C)c21. The lowest BCUT2D eigenvalue weighted by Gasteiger charge is -2.32. The van der Waals surface area contributed by atoms with Crippen molar-refractivity contribution < 1.29 is 28.1 Å². The maximum Gasteiger partial charge on any atom is 0.243 e. The summed E-state index contributed by atoms with van der Waals surface area (Å²) in [4.78, 5) is 15.5. The number of nitrogen functional groups attached to an aromatic ring is 1. The molecule has 1 amide bonds. The van der Waals surface area contributed by atoms with Gasteiger partial charge in [0, 0.05) is 31.2 Å². The molecule has 0 unspecified atom stereocenters. The number of hydrogen-bond donors (Lipinski definition) is 3. The van der Waals surface area contributed by atoms with E-state index in [0.29, 0.717) is 75.8 Å². The maximum atomic E-state index is 14.5. The molecule has 222 valence electrons. The number of nitrogens with zero attached hydrogens (tertiary/aromatic N) is 2. The molecule has 1 aromatic carbocycles. The number of anilines is 1. The monoisotopic (exact) mass is 561 g/mol. The molecule has 0 saturated heterocycles. The van der Waals surface area contributed by atoms with E-state index in [1.165, 1.54) is 17.8 Å². The number of nitrogens with two attached hydrogens (primary N) is 1. The van der Waals surface area contributed by atoms with E-state index in [-0.39, 0.29) is 17.6 Å². The number of rotatable bonds is 19. The molecule has 10 nitrogen and oxygen atoms in total. The molecule has 1 aliphatic rings. The number of benzene rings is 1. The Morgan fingerprint density at radius 1 is 1.15 bits per heavy atom. The van der Waals surface area contributed by atoms with Gasteiger partial charge >= 0.3 is 0 Å². The molecule has 2 heterocycles. The molecule has 0 bridgehead atoms. The Bertz CT molecular complexity index is 1080. The van der Waals surface area contributed by atoms with Crippen LogP contribution in [0.4, 0.5) is 10.3 Å². The Balaban J connectivity index is 1.31. The van der Waals surface area contributed by atoms with Gasteiger partial charge < -0.3 is 39.9 Å². The first-order valence-corrected chi connectivity index (χ1v) is 13.9. The normalized spacial score (nSPS) is 16.5. The predicted octanol–water partition coefficient (Wildman–Crippen LogP) is 2.60. The highest BCUT2D eigenvalue weighted by molar-refractivity contribution is 5.86. The molecule has 0 spiro atoms. The van der Waals surface area contributed by atoms with Crippen LogP contribution < -0.4 is 21.1 Å². The zero-order chi connectivity index (χ0) is 28.7. The molecule has 40 heavy (non-hydrogen) atoms. The van der Waals surface area contributed by atoms with Gasteiger partial charge in [-0.2, -0.15) is 0 Å². The summed E-state index contributed by atoms with van der Waals surface area (Å²) >= 11 is 0. The van der Waals surface area contributed by atoms with Gasteiger partial charge in [-0.3, -0.25) is 4.79 Å². The van der Waals surface area contributed by atoms with Crippen molar-refractivity contribution in [2.45, 2.75) is 38.6 Å². The smallest absolute Gasteiger partial charge is 0.243 e. The fraction of sp³-hybridized carbons (Fsp3) is 0.586. The quantitative estimate of drug-likeness (QED) is 0.177. The number of carbonyl (C=O) groups is 1. The van der Waals surface area contributed by atoms with Gasteiger partial charge in [-0.1, -0.05) is 6.58 Å². The van der Waals surface area contributed by atoms with E-state index in [2.05, 4.69) is 26.8 Å². The second kappa shape index (κ2) is 17.0. The summed E-state index contributed by atoms with van der Waals surface area (Å²) < 4.78 is 38.4. The number of hydrogen-bond acceptors (Lipinski definition) is 8. The fourth-order valence-corrected chi connectivity index (χ4v) is 5.12. The van der Waals surface area contributed by atoms with Crippen LogP contribution in [0.25, 0.3) is 0 Å². The molecular formula is C29H44FN5O5. The average molecular weight is 562 g/mol. The van der Waals surface area contributed by atoms with Gasteiger partial charge in [0.15, 0.2) is 0 Å². The van der Waals surface area contributed by atoms with Crippen molar-refractivity contribution in [3.8, 4) is 5.75 Å². The van der Waals surface area contributed by atoms with E-state index in [0.717, 1.165) is 38.2 Å². The van der Waals surface area contributed by atoms with E-state index < -0.39 is 0 Å². The number of carbonyl (C=O) groups excluding carboxylic acids is 1. The third-order valence-corrected chi connectivity index (χ3v) is 6.99. The Morgan fingerprint density at radius 3 is 2.55 bits per heavy atom. The van der Waals surface area contributed by atoms with Gasteiger partial charge in [0.05, 0.1) is 52.4 Å². The van der Waals surface area contributed by atoms with Crippen molar-refractivity contribution in [2.24, 2.45) is 5.92 Å². The Hall–Kier alpha value is -2.99. The Kier molecular flexibility index (Phi) is 13.4. The van der Waals surface area contributed by atoms with E-state index >= 15 is 0 Å². The van der Waals surface area contributed by atoms with Crippen LogP contribution in [0, 0.1) is 18.7 Å². The number of nitrogens with one attached hydrogen (secondary N) is 2. The third kappa shape index (κ3) is 9.88. The number of aromatic nitrogens is 2. The number of imidazole rings is 1. The topological polar surface area (TPSA) is 122 Å². The van der Waals surface area contributed by atoms with Gasteiger partial charge in [0.2, 0.25) is 11.9 Å². The standard InChI is InChI=1S/C29H44FN5O5/c1-4-27(36)33-10-12-39-14-16-40-15-13-38-11-9-32-8-7-23-17-22(20-35-28(23)21(2)34-29(35)31)18-24-19-25(37-3)5-6-26(24)30/h4-6,19,22-23,32H,1,7-18,20H2,2-3H3,(H2,31,34)(H,33,36)/t22-,23+/m1/s1. The lowest BCUT2D eigenvalue weighted by molar-refractivity contribution is -0.116. The van der Waals surface area contributed by atoms with Crippen LogP contribution in [0.3, 0.4) is 0 Å². The summed E-state index contributed by atoms with van der Waals surface area (Å²) in [6.45, 7) is 11.1. The summed E-state index contributed by atoms with van der Waals surface area (Å²) in [5, 5.41) is 6.10. The summed E-state index contributed by atoms with van der Waals surface area (Å²) in [6, 6.07) is 4.91. The predicted molar refractivity (Wildman–Crippen MR) is 152 cm³/mol. The second-order valence-corrected chi connectivity index (χ2v) is 9.88. The minimum atomic E-state index is -0.208. The second-order valence-electron chi connectivity index (χ2n) is 9.88. The average Bonchev–Trinajstić information content (AvgIpc) is 3.24. The van der Waals surface area contributed by atoms with E-state index in [9.17, 15) is 9.18 Å². The van der Waals surface area contributed by atoms with Crippen LogP contribution in [0.15, 0.2) is 30.9 Å². The zero-order valence-corrected chi connectivity index (χ0v) is 23.8. The van der Waals surface area contributed by atoms with Crippen LogP contribution in [0.1, 0.15) is 35.7 Å². The van der Waals surface area contributed by atoms with Crippen molar-refractivity contribution >= 4 is 11.9 Å². The lowest BCUT2D eigenvalue weighted by Crippen LogP contribution is -2.29. The lowest BCUT2D eigenvalue weighted by atomic mass is 9.82. The number of methoxy groups -OCH3 is 1. The van der Waals surface area contributed by atoms with Crippen molar-refractivity contribution in [3.63, 3.8) is 0 Å². The van der Waals surface area contributed by atoms with Crippen molar-refractivity contribution in [3.05, 3.63) is 53.6 Å². The maximum absolute atomic E-state index is 14.5. The van der Waals surface area contributed by atoms with E-state index in [1.54, 1.807) is 19.2 Å². The molecule has 11 heteroatoms. The first-order valence-electron chi connectivity index (χ1n) is 13.9. The summed E-state index contributed by atoms with van der Waals surface area (Å²) in [5.74, 6) is 1.32. The van der Waals surface area contributed by atoms with Crippen LogP contribution >= 0.6 is 0 Å². The van der Waals surface area contributed by atoms with Crippen LogP contribution in [-0.2, 0) is 32.0 Å². The van der Waals surface area contributed by atoms with Gasteiger partial charge in [-0.05, 0) is 68.5 Å². The van der Waals surface area contributed by atoms with Crippen molar-refractivity contribution in [1.82, 2.24) is 20.2 Å². The molecule has 0 aliphatic carbocycles.